The molecule has 0 aliphatic heterocycles. The molecule has 0 aliphatic rings. The summed E-state index contributed by atoms with van der Waals surface area (Å²) in [7, 11) is 0. The fourth-order valence-electron chi connectivity index (χ4n) is 0.631. The zero-order valence-electron chi connectivity index (χ0n) is 6.56. The molecule has 0 fully saturated rings. The van der Waals surface area contributed by atoms with Gasteiger partial charge < -0.3 is 15.3 Å². The summed E-state index contributed by atoms with van der Waals surface area (Å²) in [5, 5.41) is 24.8. The van der Waals surface area contributed by atoms with Gasteiger partial charge in [-0.05, 0) is 6.42 Å². The minimum Gasteiger partial charge on any atom is -0.481 e. The molecule has 3 N–H and O–H groups in total. The highest BCUT2D eigenvalue weighted by Crippen LogP contribution is 2.05. The zero-order valence-corrected chi connectivity index (χ0v) is 6.56. The Balaban J connectivity index is 4.36. The van der Waals surface area contributed by atoms with E-state index in [4.69, 9.17) is 15.3 Å². The smallest absolute Gasteiger partial charge is 0.331 e. The lowest BCUT2D eigenvalue weighted by Crippen LogP contribution is -2.06. The maximum Gasteiger partial charge on any atom is 0.331 e. The predicted octanol–water partition coefficient (Wildman–Crippen LogP) is -0.0532. The van der Waals surface area contributed by atoms with Gasteiger partial charge in [0.25, 0.3) is 0 Å². The van der Waals surface area contributed by atoms with E-state index in [-0.39, 0.29) is 6.42 Å². The standard InChI is InChI=1S/C7H8O6/c8-5(9)2-1-4(7(12)13)3-6(10)11/h3H,1-2H2,(H,8,9)(H,10,11)(H,12,13)/b4-3+. The van der Waals surface area contributed by atoms with Crippen molar-refractivity contribution in [1.82, 2.24) is 0 Å². The van der Waals surface area contributed by atoms with Crippen molar-refractivity contribution in [3.63, 3.8) is 0 Å². The Morgan fingerprint density at radius 2 is 1.54 bits per heavy atom. The van der Waals surface area contributed by atoms with E-state index in [0.29, 0.717) is 6.08 Å². The van der Waals surface area contributed by atoms with Gasteiger partial charge in [0, 0.05) is 18.1 Å². The van der Waals surface area contributed by atoms with Gasteiger partial charge in [-0.15, -0.1) is 0 Å². The van der Waals surface area contributed by atoms with Crippen LogP contribution in [0.1, 0.15) is 12.8 Å². The number of rotatable bonds is 5. The Hall–Kier alpha value is -1.85. The third kappa shape index (κ3) is 5.42. The highest BCUT2D eigenvalue weighted by molar-refractivity contribution is 5.94. The monoisotopic (exact) mass is 188 g/mol. The summed E-state index contributed by atoms with van der Waals surface area (Å²) in [5.41, 5.74) is -0.421. The first-order valence-corrected chi connectivity index (χ1v) is 3.32. The fourth-order valence-corrected chi connectivity index (χ4v) is 0.631. The second kappa shape index (κ2) is 4.91. The number of hydrogen-bond acceptors (Lipinski definition) is 3. The van der Waals surface area contributed by atoms with Crippen molar-refractivity contribution in [2.24, 2.45) is 0 Å². The Morgan fingerprint density at radius 3 is 1.85 bits per heavy atom. The van der Waals surface area contributed by atoms with E-state index in [1.807, 2.05) is 0 Å². The quantitative estimate of drug-likeness (QED) is 0.521. The summed E-state index contributed by atoms with van der Waals surface area (Å²) in [6, 6.07) is 0. The van der Waals surface area contributed by atoms with Crippen LogP contribution in [0.2, 0.25) is 0 Å². The number of carboxylic acid groups (broad SMARTS) is 3. The van der Waals surface area contributed by atoms with Gasteiger partial charge in [-0.3, -0.25) is 4.79 Å². The Bertz CT molecular complexity index is 264. The molecule has 0 radical (unpaired) electrons. The summed E-state index contributed by atoms with van der Waals surface area (Å²) in [6.07, 6.45) is -0.201. The average Bonchev–Trinajstić information content (AvgIpc) is 1.96. The molecule has 0 saturated carbocycles. The summed E-state index contributed by atoms with van der Waals surface area (Å²) >= 11 is 0. The van der Waals surface area contributed by atoms with Gasteiger partial charge in [0.05, 0.1) is 0 Å². The molecule has 72 valence electrons. The van der Waals surface area contributed by atoms with E-state index in [2.05, 4.69) is 0 Å². The van der Waals surface area contributed by atoms with Crippen molar-refractivity contribution in [3.05, 3.63) is 11.6 Å². The molecule has 0 aromatic heterocycles. The zero-order chi connectivity index (χ0) is 10.4. The number of aliphatic carboxylic acids is 3. The highest BCUT2D eigenvalue weighted by atomic mass is 16.4. The van der Waals surface area contributed by atoms with Gasteiger partial charge in [-0.1, -0.05) is 0 Å². The Kier molecular flexibility index (Phi) is 4.21. The second-order valence-electron chi connectivity index (χ2n) is 2.21. The molecule has 0 saturated heterocycles. The predicted molar refractivity (Wildman–Crippen MR) is 40.2 cm³/mol. The fraction of sp³-hybridized carbons (Fsp3) is 0.286. The molecule has 13 heavy (non-hydrogen) atoms. The number of carboxylic acids is 3. The lowest BCUT2D eigenvalue weighted by Gasteiger charge is -1.97. The minimum atomic E-state index is -1.41. The molecular formula is C7H8O6. The van der Waals surface area contributed by atoms with Gasteiger partial charge in [-0.25, -0.2) is 9.59 Å². The van der Waals surface area contributed by atoms with E-state index in [1.54, 1.807) is 0 Å². The first-order chi connectivity index (χ1) is 5.93. The van der Waals surface area contributed by atoms with Crippen LogP contribution in [0.4, 0.5) is 0 Å². The van der Waals surface area contributed by atoms with Gasteiger partial charge in [0.2, 0.25) is 0 Å². The molecule has 0 heterocycles. The summed E-state index contributed by atoms with van der Waals surface area (Å²) in [5.74, 6) is -3.98. The van der Waals surface area contributed by atoms with Crippen molar-refractivity contribution >= 4 is 17.9 Å². The molecule has 6 nitrogen and oxygen atoms in total. The molecule has 6 heteroatoms. The van der Waals surface area contributed by atoms with Crippen LogP contribution in [0.15, 0.2) is 11.6 Å². The molecule has 0 amide bonds. The van der Waals surface area contributed by atoms with E-state index in [9.17, 15) is 14.4 Å². The van der Waals surface area contributed by atoms with E-state index in [0.717, 1.165) is 0 Å². The van der Waals surface area contributed by atoms with Crippen molar-refractivity contribution < 1.29 is 29.7 Å². The summed E-state index contributed by atoms with van der Waals surface area (Å²) in [4.78, 5) is 30.4. The molecular weight excluding hydrogens is 180 g/mol. The van der Waals surface area contributed by atoms with Crippen LogP contribution in [0.3, 0.4) is 0 Å². The second-order valence-corrected chi connectivity index (χ2v) is 2.21. The van der Waals surface area contributed by atoms with Crippen LogP contribution in [0.25, 0.3) is 0 Å². The van der Waals surface area contributed by atoms with E-state index in [1.165, 1.54) is 0 Å². The third-order valence-electron chi connectivity index (χ3n) is 1.18. The maximum atomic E-state index is 10.3. The molecule has 0 unspecified atom stereocenters. The van der Waals surface area contributed by atoms with Gasteiger partial charge in [-0.2, -0.15) is 0 Å². The number of hydrogen-bond donors (Lipinski definition) is 3. The Labute approximate surface area is 73.1 Å². The topological polar surface area (TPSA) is 112 Å². The molecule has 0 aromatic rings. The summed E-state index contributed by atoms with van der Waals surface area (Å²) < 4.78 is 0. The third-order valence-corrected chi connectivity index (χ3v) is 1.18. The largest absolute Gasteiger partial charge is 0.481 e. The van der Waals surface area contributed by atoms with Crippen LogP contribution < -0.4 is 0 Å². The normalized spacial score (nSPS) is 10.9. The molecule has 0 spiro atoms. The van der Waals surface area contributed by atoms with Crippen LogP contribution in [0, 0.1) is 0 Å². The van der Waals surface area contributed by atoms with Crippen molar-refractivity contribution in [3.8, 4) is 0 Å². The Morgan fingerprint density at radius 1 is 1.00 bits per heavy atom. The lowest BCUT2D eigenvalue weighted by atomic mass is 10.1. The lowest BCUT2D eigenvalue weighted by molar-refractivity contribution is -0.137. The van der Waals surface area contributed by atoms with Crippen molar-refractivity contribution in [2.75, 3.05) is 0 Å². The van der Waals surface area contributed by atoms with Gasteiger partial charge in [0.1, 0.15) is 0 Å². The van der Waals surface area contributed by atoms with Crippen molar-refractivity contribution in [2.45, 2.75) is 12.8 Å². The highest BCUT2D eigenvalue weighted by Gasteiger charge is 2.10. The van der Waals surface area contributed by atoms with Crippen LogP contribution in [-0.2, 0) is 14.4 Å². The van der Waals surface area contributed by atoms with E-state index < -0.39 is 29.9 Å². The van der Waals surface area contributed by atoms with Crippen LogP contribution >= 0.6 is 0 Å². The first-order valence-electron chi connectivity index (χ1n) is 3.32. The SMILES string of the molecule is O=C(O)/C=C(\CCC(=O)O)C(=O)O. The van der Waals surface area contributed by atoms with Crippen LogP contribution in [-0.4, -0.2) is 33.2 Å². The minimum absolute atomic E-state index is 0.295. The van der Waals surface area contributed by atoms with E-state index >= 15 is 0 Å². The van der Waals surface area contributed by atoms with Crippen LogP contribution in [0.5, 0.6) is 0 Å². The summed E-state index contributed by atoms with van der Waals surface area (Å²) in [6.45, 7) is 0. The van der Waals surface area contributed by atoms with Crippen molar-refractivity contribution in [1.29, 1.82) is 0 Å². The maximum absolute atomic E-state index is 10.3. The molecule has 0 aliphatic carbocycles. The van der Waals surface area contributed by atoms with Gasteiger partial charge >= 0.3 is 17.9 Å². The molecule has 0 atom stereocenters. The molecule has 0 aromatic carbocycles. The first kappa shape index (κ1) is 11.2. The average molecular weight is 188 g/mol. The number of carbonyl (C=O) groups is 3. The van der Waals surface area contributed by atoms with Gasteiger partial charge in [0.15, 0.2) is 0 Å². The molecule has 0 rings (SSSR count). The molecule has 0 bridgehead atoms.